The molecular weight excluding hydrogens is 210 g/mol. The van der Waals surface area contributed by atoms with Crippen LogP contribution in [0.15, 0.2) is 30.3 Å². The standard InChI is InChI=1S/C9H13O3P.Na.H/c10-6-8(11)7-13(12)9-4-2-1-3-5-9;;/h1-5,8,10-12H,6-7H2;;/q;+1;-1. The van der Waals surface area contributed by atoms with Crippen LogP contribution in [0.4, 0.5) is 0 Å². The van der Waals surface area contributed by atoms with Crippen molar-refractivity contribution in [3.05, 3.63) is 30.3 Å². The molecule has 3 nitrogen and oxygen atoms in total. The van der Waals surface area contributed by atoms with Gasteiger partial charge in [-0.25, -0.2) is 0 Å². The van der Waals surface area contributed by atoms with Crippen LogP contribution < -0.4 is 34.9 Å². The van der Waals surface area contributed by atoms with Crippen LogP contribution in [0.1, 0.15) is 1.43 Å². The molecule has 0 aromatic heterocycles. The van der Waals surface area contributed by atoms with Gasteiger partial charge >= 0.3 is 29.6 Å². The van der Waals surface area contributed by atoms with Crippen molar-refractivity contribution in [1.29, 1.82) is 0 Å². The first kappa shape index (κ1) is 14.5. The molecule has 2 unspecified atom stereocenters. The second-order valence-corrected chi connectivity index (χ2v) is 4.43. The molecule has 0 radical (unpaired) electrons. The van der Waals surface area contributed by atoms with Gasteiger partial charge in [0.1, 0.15) is 0 Å². The number of rotatable bonds is 4. The molecular formula is C9H14NaO3P. The van der Waals surface area contributed by atoms with Gasteiger partial charge < -0.3 is 16.5 Å². The summed E-state index contributed by atoms with van der Waals surface area (Å²) < 4.78 is 0. The average Bonchev–Trinajstić information content (AvgIpc) is 2.19. The molecule has 1 rings (SSSR count). The zero-order chi connectivity index (χ0) is 9.68. The Balaban J connectivity index is 0. The Morgan fingerprint density at radius 1 is 1.29 bits per heavy atom. The SMILES string of the molecule is OCC(O)CP(O)c1ccccc1.[H-].[Na+]. The van der Waals surface area contributed by atoms with Crippen molar-refractivity contribution in [2.75, 3.05) is 12.8 Å². The molecule has 0 fully saturated rings. The van der Waals surface area contributed by atoms with E-state index in [1.165, 1.54) is 0 Å². The number of aliphatic hydroxyl groups excluding tert-OH is 2. The molecule has 0 saturated carbocycles. The van der Waals surface area contributed by atoms with E-state index in [1.54, 1.807) is 0 Å². The number of benzene rings is 1. The van der Waals surface area contributed by atoms with Crippen LogP contribution in [0.3, 0.4) is 0 Å². The fourth-order valence-electron chi connectivity index (χ4n) is 0.963. The molecule has 1 aromatic rings. The zero-order valence-electron chi connectivity index (χ0n) is 9.17. The summed E-state index contributed by atoms with van der Waals surface area (Å²) in [6.07, 6.45) is -0.591. The summed E-state index contributed by atoms with van der Waals surface area (Å²) in [6.45, 7) is -0.299. The molecule has 5 heteroatoms. The van der Waals surface area contributed by atoms with Gasteiger partial charge in [-0.1, -0.05) is 30.3 Å². The molecule has 0 heterocycles. The third-order valence-corrected chi connectivity index (χ3v) is 3.31. The van der Waals surface area contributed by atoms with Crippen LogP contribution in [0, 0.1) is 0 Å². The molecule has 14 heavy (non-hydrogen) atoms. The normalized spacial score (nSPS) is 14.2. The summed E-state index contributed by atoms with van der Waals surface area (Å²) >= 11 is 0. The molecule has 0 aliphatic carbocycles. The second-order valence-electron chi connectivity index (χ2n) is 2.75. The second kappa shape index (κ2) is 7.77. The van der Waals surface area contributed by atoms with Gasteiger partial charge in [-0.05, 0) is 0 Å². The van der Waals surface area contributed by atoms with Crippen molar-refractivity contribution in [2.45, 2.75) is 6.10 Å². The summed E-state index contributed by atoms with van der Waals surface area (Å²) in [4.78, 5) is 9.62. The summed E-state index contributed by atoms with van der Waals surface area (Å²) in [5.41, 5.74) is 0. The molecule has 0 bridgehead atoms. The van der Waals surface area contributed by atoms with E-state index in [-0.39, 0.29) is 43.8 Å². The van der Waals surface area contributed by atoms with Crippen LogP contribution in [-0.2, 0) is 0 Å². The molecule has 2 atom stereocenters. The maximum absolute atomic E-state index is 9.62. The van der Waals surface area contributed by atoms with E-state index in [0.717, 1.165) is 5.30 Å². The number of aliphatic hydroxyl groups is 2. The first-order chi connectivity index (χ1) is 6.24. The van der Waals surface area contributed by atoms with Crippen molar-refractivity contribution in [1.82, 2.24) is 0 Å². The van der Waals surface area contributed by atoms with Crippen LogP contribution >= 0.6 is 8.15 Å². The van der Waals surface area contributed by atoms with Crippen LogP contribution in [-0.4, -0.2) is 34.0 Å². The Hall–Kier alpha value is 0.530. The first-order valence-electron chi connectivity index (χ1n) is 4.04. The van der Waals surface area contributed by atoms with E-state index in [4.69, 9.17) is 10.2 Å². The Labute approximate surface area is 108 Å². The Bertz CT molecular complexity index is 250. The third-order valence-electron chi connectivity index (χ3n) is 1.65. The van der Waals surface area contributed by atoms with E-state index < -0.39 is 14.3 Å². The quantitative estimate of drug-likeness (QED) is 0.382. The van der Waals surface area contributed by atoms with Gasteiger partial charge in [-0.3, -0.25) is 0 Å². The Morgan fingerprint density at radius 2 is 1.86 bits per heavy atom. The van der Waals surface area contributed by atoms with E-state index in [2.05, 4.69) is 0 Å². The summed E-state index contributed by atoms with van der Waals surface area (Å²) in [5, 5.41) is 18.5. The van der Waals surface area contributed by atoms with Crippen molar-refractivity contribution in [3.8, 4) is 0 Å². The average molecular weight is 224 g/mol. The predicted octanol–water partition coefficient (Wildman–Crippen LogP) is -2.83. The molecule has 0 amide bonds. The number of hydrogen-bond acceptors (Lipinski definition) is 3. The summed E-state index contributed by atoms with van der Waals surface area (Å²) in [7, 11) is -1.33. The maximum Gasteiger partial charge on any atom is 1.00 e. The largest absolute Gasteiger partial charge is 1.00 e. The maximum atomic E-state index is 9.62. The van der Waals surface area contributed by atoms with Gasteiger partial charge in [0.15, 0.2) is 0 Å². The van der Waals surface area contributed by atoms with Crippen molar-refractivity contribution >= 4 is 13.5 Å². The molecule has 0 spiro atoms. The van der Waals surface area contributed by atoms with Crippen molar-refractivity contribution in [2.24, 2.45) is 0 Å². The van der Waals surface area contributed by atoms with Crippen LogP contribution in [0.5, 0.6) is 0 Å². The summed E-state index contributed by atoms with van der Waals surface area (Å²) in [6, 6.07) is 9.18. The fourth-order valence-corrected chi connectivity index (χ4v) is 2.20. The monoisotopic (exact) mass is 224 g/mol. The molecule has 3 N–H and O–H groups in total. The van der Waals surface area contributed by atoms with E-state index in [9.17, 15) is 4.89 Å². The summed E-state index contributed by atoms with van der Waals surface area (Å²) in [5.74, 6) is 0. The fraction of sp³-hybridized carbons (Fsp3) is 0.333. The van der Waals surface area contributed by atoms with Crippen LogP contribution in [0.2, 0.25) is 0 Å². The molecule has 1 aromatic carbocycles. The predicted molar refractivity (Wildman–Crippen MR) is 54.3 cm³/mol. The number of hydrogen-bond donors (Lipinski definition) is 3. The van der Waals surface area contributed by atoms with E-state index in [0.29, 0.717) is 0 Å². The Morgan fingerprint density at radius 3 is 2.36 bits per heavy atom. The minimum Gasteiger partial charge on any atom is -1.00 e. The van der Waals surface area contributed by atoms with Gasteiger partial charge in [0.2, 0.25) is 0 Å². The van der Waals surface area contributed by atoms with Crippen LogP contribution in [0.25, 0.3) is 0 Å². The molecule has 0 aliphatic rings. The van der Waals surface area contributed by atoms with Gasteiger partial charge in [0, 0.05) is 11.5 Å². The third kappa shape index (κ3) is 4.85. The molecule has 74 valence electrons. The van der Waals surface area contributed by atoms with Gasteiger partial charge in [0.25, 0.3) is 0 Å². The van der Waals surface area contributed by atoms with Gasteiger partial charge in [0.05, 0.1) is 20.9 Å². The minimum atomic E-state index is -1.33. The van der Waals surface area contributed by atoms with E-state index in [1.807, 2.05) is 30.3 Å². The van der Waals surface area contributed by atoms with Crippen molar-refractivity contribution in [3.63, 3.8) is 0 Å². The molecule has 0 saturated heterocycles. The van der Waals surface area contributed by atoms with Crippen molar-refractivity contribution < 1.29 is 46.1 Å². The topological polar surface area (TPSA) is 60.7 Å². The van der Waals surface area contributed by atoms with Gasteiger partial charge in [-0.15, -0.1) is 0 Å². The van der Waals surface area contributed by atoms with Gasteiger partial charge in [-0.2, -0.15) is 0 Å². The van der Waals surface area contributed by atoms with E-state index >= 15 is 0 Å². The first-order valence-corrected chi connectivity index (χ1v) is 5.52. The Kier molecular flexibility index (Phi) is 8.07. The zero-order valence-corrected chi connectivity index (χ0v) is 11.1. The molecule has 0 aliphatic heterocycles. The smallest absolute Gasteiger partial charge is 1.00 e. The minimum absolute atomic E-state index is 0.